The molecule has 0 spiro atoms. The number of aliphatic hydroxyl groups excluding tert-OH is 1. The Morgan fingerprint density at radius 1 is 1.21 bits per heavy atom. The molecule has 2 rings (SSSR count). The number of nitrogens with two attached hydrogens (primary N) is 1. The van der Waals surface area contributed by atoms with Gasteiger partial charge in [-0.2, -0.15) is 0 Å². The van der Waals surface area contributed by atoms with Gasteiger partial charge < -0.3 is 20.5 Å². The number of carbonyl (C=O) groups is 3. The predicted octanol–water partition coefficient (Wildman–Crippen LogP) is 0.220. The molecule has 0 saturated heterocycles. The Morgan fingerprint density at radius 2 is 1.86 bits per heavy atom. The Kier molecular flexibility index (Phi) is 8.03. The Morgan fingerprint density at radius 3 is 2.48 bits per heavy atom. The van der Waals surface area contributed by atoms with E-state index in [4.69, 9.17) is 10.5 Å². The van der Waals surface area contributed by atoms with E-state index in [2.05, 4.69) is 0 Å². The lowest BCUT2D eigenvalue weighted by Crippen LogP contribution is -2.39. The van der Waals surface area contributed by atoms with Gasteiger partial charge in [-0.25, -0.2) is 17.9 Å². The predicted molar refractivity (Wildman–Crippen MR) is 104 cm³/mol. The van der Waals surface area contributed by atoms with Gasteiger partial charge in [0.1, 0.15) is 0 Å². The van der Waals surface area contributed by atoms with Crippen LogP contribution in [0.1, 0.15) is 44.9 Å². The van der Waals surface area contributed by atoms with Gasteiger partial charge in [-0.1, -0.05) is 0 Å². The maximum Gasteiger partial charge on any atom is 0.425 e. The van der Waals surface area contributed by atoms with Crippen molar-refractivity contribution in [3.63, 3.8) is 0 Å². The SMILES string of the molecule is CN(CCCC/C=C\OC(=O)NS(=O)(=O)C1CC1)C(=O)[C@@H]1C[C@H](O)C[C@H]1C(N)=O. The number of ether oxygens (including phenoxy) is 1. The molecule has 3 amide bonds. The lowest BCUT2D eigenvalue weighted by Gasteiger charge is -2.23. The topological polar surface area (TPSA) is 156 Å². The van der Waals surface area contributed by atoms with Crippen molar-refractivity contribution in [3.05, 3.63) is 12.3 Å². The maximum atomic E-state index is 12.5. The third-order valence-corrected chi connectivity index (χ3v) is 6.97. The zero-order valence-corrected chi connectivity index (χ0v) is 17.3. The average Bonchev–Trinajstić information content (AvgIpc) is 3.42. The lowest BCUT2D eigenvalue weighted by molar-refractivity contribution is -0.139. The number of unbranched alkanes of at least 4 members (excludes halogenated alkanes) is 2. The zero-order chi connectivity index (χ0) is 21.6. The molecular weight excluding hydrogens is 402 g/mol. The second-order valence-corrected chi connectivity index (χ2v) is 9.58. The van der Waals surface area contributed by atoms with Crippen molar-refractivity contribution in [2.24, 2.45) is 17.6 Å². The fourth-order valence-corrected chi connectivity index (χ4v) is 4.59. The van der Waals surface area contributed by atoms with Crippen LogP contribution in [0.4, 0.5) is 4.79 Å². The van der Waals surface area contributed by atoms with E-state index in [0.29, 0.717) is 38.6 Å². The van der Waals surface area contributed by atoms with E-state index < -0.39 is 45.2 Å². The molecule has 29 heavy (non-hydrogen) atoms. The van der Waals surface area contributed by atoms with Gasteiger partial charge in [0.2, 0.25) is 21.8 Å². The molecule has 0 unspecified atom stereocenters. The van der Waals surface area contributed by atoms with Crippen molar-refractivity contribution < 1.29 is 32.6 Å². The molecule has 0 radical (unpaired) electrons. The molecule has 0 heterocycles. The first-order chi connectivity index (χ1) is 13.6. The number of hydrogen-bond acceptors (Lipinski definition) is 7. The van der Waals surface area contributed by atoms with Gasteiger partial charge in [0, 0.05) is 13.6 Å². The second kappa shape index (κ2) is 10.1. The van der Waals surface area contributed by atoms with Crippen LogP contribution in [-0.4, -0.2) is 61.3 Å². The first-order valence-electron chi connectivity index (χ1n) is 9.71. The highest BCUT2D eigenvalue weighted by molar-refractivity contribution is 7.90. The van der Waals surface area contributed by atoms with Gasteiger partial charge in [0.25, 0.3) is 0 Å². The molecule has 0 aromatic heterocycles. The third kappa shape index (κ3) is 7.00. The number of amides is 3. The summed E-state index contributed by atoms with van der Waals surface area (Å²) in [5.41, 5.74) is 5.33. The van der Waals surface area contributed by atoms with Gasteiger partial charge >= 0.3 is 6.09 Å². The molecule has 0 aromatic rings. The molecule has 2 aliphatic rings. The minimum Gasteiger partial charge on any atom is -0.418 e. The van der Waals surface area contributed by atoms with Gasteiger partial charge in [-0.15, -0.1) is 0 Å². The Bertz CT molecular complexity index is 749. The highest BCUT2D eigenvalue weighted by atomic mass is 32.2. The van der Waals surface area contributed by atoms with E-state index >= 15 is 0 Å². The molecule has 2 fully saturated rings. The highest BCUT2D eigenvalue weighted by Crippen LogP contribution is 2.33. The number of nitrogens with one attached hydrogen (secondary N) is 1. The summed E-state index contributed by atoms with van der Waals surface area (Å²) in [7, 11) is -1.97. The van der Waals surface area contributed by atoms with E-state index in [1.54, 1.807) is 13.1 Å². The number of sulfonamides is 1. The first-order valence-corrected chi connectivity index (χ1v) is 11.3. The molecule has 0 aromatic carbocycles. The van der Waals surface area contributed by atoms with E-state index in [9.17, 15) is 27.9 Å². The normalized spacial score (nSPS) is 24.4. The Hall–Kier alpha value is -2.14. The van der Waals surface area contributed by atoms with E-state index in [1.807, 2.05) is 4.72 Å². The number of nitrogens with zero attached hydrogens (tertiary/aromatic N) is 1. The van der Waals surface area contributed by atoms with Gasteiger partial charge in [-0.3, -0.25) is 9.59 Å². The van der Waals surface area contributed by atoms with Crippen molar-refractivity contribution in [1.82, 2.24) is 9.62 Å². The summed E-state index contributed by atoms with van der Waals surface area (Å²) in [4.78, 5) is 36.9. The Labute approximate surface area is 170 Å². The van der Waals surface area contributed by atoms with Crippen molar-refractivity contribution in [2.45, 2.75) is 56.3 Å². The van der Waals surface area contributed by atoms with Crippen LogP contribution < -0.4 is 10.5 Å². The van der Waals surface area contributed by atoms with Crippen LogP contribution in [0.25, 0.3) is 0 Å². The molecular formula is C18H29N3O7S. The Balaban J connectivity index is 1.62. The van der Waals surface area contributed by atoms with Crippen molar-refractivity contribution >= 4 is 27.9 Å². The van der Waals surface area contributed by atoms with Gasteiger partial charge in [-0.05, 0) is 51.0 Å². The van der Waals surface area contributed by atoms with Crippen LogP contribution in [0.15, 0.2) is 12.3 Å². The van der Waals surface area contributed by atoms with Crippen LogP contribution in [0.3, 0.4) is 0 Å². The summed E-state index contributed by atoms with van der Waals surface area (Å²) in [6.07, 6.45) is 4.59. The average molecular weight is 432 g/mol. The van der Waals surface area contributed by atoms with E-state index in [-0.39, 0.29) is 18.7 Å². The molecule has 2 saturated carbocycles. The molecule has 0 bridgehead atoms. The van der Waals surface area contributed by atoms with E-state index in [0.717, 1.165) is 6.26 Å². The fraction of sp³-hybridized carbons (Fsp3) is 0.722. The van der Waals surface area contributed by atoms with Crippen molar-refractivity contribution in [1.29, 1.82) is 0 Å². The number of primary amides is 1. The number of rotatable bonds is 10. The van der Waals surface area contributed by atoms with Crippen LogP contribution in [0.2, 0.25) is 0 Å². The fourth-order valence-electron chi connectivity index (χ4n) is 3.38. The number of carbonyl (C=O) groups excluding carboxylic acids is 3. The maximum absolute atomic E-state index is 12.5. The van der Waals surface area contributed by atoms with Gasteiger partial charge in [0.15, 0.2) is 0 Å². The summed E-state index contributed by atoms with van der Waals surface area (Å²) in [5.74, 6) is -1.97. The van der Waals surface area contributed by atoms with Crippen LogP contribution >= 0.6 is 0 Å². The number of aliphatic hydroxyl groups is 1. The minimum absolute atomic E-state index is 0.197. The molecule has 164 valence electrons. The summed E-state index contributed by atoms with van der Waals surface area (Å²) in [6, 6.07) is 0. The summed E-state index contributed by atoms with van der Waals surface area (Å²) < 4.78 is 29.7. The van der Waals surface area contributed by atoms with Gasteiger partial charge in [0.05, 0.1) is 29.5 Å². The standard InChI is InChI=1S/C18H29N3O7S/c1-21(17(24)15-11-12(22)10-14(15)16(19)23)8-4-2-3-5-9-28-18(25)20-29(26,27)13-6-7-13/h5,9,12-15,22H,2-4,6-8,10-11H2,1H3,(H2,19,23)(H,20,25)/b9-5-/t12-,14-,15-/m1/s1. The summed E-state index contributed by atoms with van der Waals surface area (Å²) >= 11 is 0. The third-order valence-electron chi connectivity index (χ3n) is 5.17. The van der Waals surface area contributed by atoms with E-state index in [1.165, 1.54) is 4.90 Å². The lowest BCUT2D eigenvalue weighted by atomic mass is 9.94. The highest BCUT2D eigenvalue weighted by Gasteiger charge is 2.42. The largest absolute Gasteiger partial charge is 0.425 e. The molecule has 0 aliphatic heterocycles. The number of hydrogen-bond donors (Lipinski definition) is 3. The van der Waals surface area contributed by atoms with Crippen LogP contribution in [0.5, 0.6) is 0 Å². The monoisotopic (exact) mass is 431 g/mol. The first kappa shape index (κ1) is 23.1. The molecule has 10 nitrogen and oxygen atoms in total. The quantitative estimate of drug-likeness (QED) is 0.330. The van der Waals surface area contributed by atoms with Crippen molar-refractivity contribution in [2.75, 3.05) is 13.6 Å². The van der Waals surface area contributed by atoms with Crippen LogP contribution in [0, 0.1) is 11.8 Å². The molecule has 2 aliphatic carbocycles. The molecule has 4 N–H and O–H groups in total. The van der Waals surface area contributed by atoms with Crippen molar-refractivity contribution in [3.8, 4) is 0 Å². The summed E-state index contributed by atoms with van der Waals surface area (Å²) in [6.45, 7) is 0.478. The molecule has 11 heteroatoms. The molecule has 3 atom stereocenters. The number of allylic oxidation sites excluding steroid dienone is 1. The summed E-state index contributed by atoms with van der Waals surface area (Å²) in [5, 5.41) is 9.22. The minimum atomic E-state index is -3.62. The zero-order valence-electron chi connectivity index (χ0n) is 16.5. The van der Waals surface area contributed by atoms with Crippen LogP contribution in [-0.2, 0) is 24.3 Å². The second-order valence-electron chi connectivity index (χ2n) is 7.62. The smallest absolute Gasteiger partial charge is 0.418 e.